The Morgan fingerprint density at radius 3 is 2.68 bits per heavy atom. The van der Waals surface area contributed by atoms with E-state index in [0.29, 0.717) is 6.42 Å². The van der Waals surface area contributed by atoms with Crippen LogP contribution < -0.4 is 10.9 Å². The molecule has 0 saturated carbocycles. The number of piperazine rings is 1. The van der Waals surface area contributed by atoms with Crippen molar-refractivity contribution in [2.24, 2.45) is 0 Å². The van der Waals surface area contributed by atoms with Crippen molar-refractivity contribution in [2.75, 3.05) is 26.2 Å². The Morgan fingerprint density at radius 2 is 2.05 bits per heavy atom. The molecule has 2 rings (SSSR count). The smallest absolute Gasteiger partial charge is 0.251 e. The normalized spacial score (nSPS) is 17.3. The fourth-order valence-electron chi connectivity index (χ4n) is 2.44. The molecule has 1 saturated heterocycles. The second kappa shape index (κ2) is 6.02. The van der Waals surface area contributed by atoms with E-state index in [2.05, 4.69) is 5.32 Å². The minimum absolute atomic E-state index is 0.0525. The van der Waals surface area contributed by atoms with Crippen molar-refractivity contribution >= 4 is 5.91 Å². The fourth-order valence-corrected chi connectivity index (χ4v) is 2.44. The van der Waals surface area contributed by atoms with Crippen molar-refractivity contribution in [1.29, 1.82) is 0 Å². The molecule has 1 aromatic heterocycles. The Morgan fingerprint density at radius 1 is 1.37 bits per heavy atom. The SMILES string of the molecule is CCC(C(=O)N1CCNCC1)n1cc(C)ccc1=O. The highest BCUT2D eigenvalue weighted by Gasteiger charge is 2.25. The number of carbonyl (C=O) groups excluding carboxylic acids is 1. The Hall–Kier alpha value is -1.62. The minimum Gasteiger partial charge on any atom is -0.338 e. The summed E-state index contributed by atoms with van der Waals surface area (Å²) in [5.74, 6) is 0.0525. The van der Waals surface area contributed by atoms with Crippen molar-refractivity contribution in [1.82, 2.24) is 14.8 Å². The first-order valence-corrected chi connectivity index (χ1v) is 6.81. The number of hydrogen-bond acceptors (Lipinski definition) is 3. The molecular formula is C14H21N3O2. The second-order valence-electron chi connectivity index (χ2n) is 4.95. The monoisotopic (exact) mass is 263 g/mol. The molecule has 0 aromatic carbocycles. The quantitative estimate of drug-likeness (QED) is 0.866. The van der Waals surface area contributed by atoms with E-state index >= 15 is 0 Å². The van der Waals surface area contributed by atoms with Crippen LogP contribution in [0.4, 0.5) is 0 Å². The van der Waals surface area contributed by atoms with E-state index < -0.39 is 0 Å². The van der Waals surface area contributed by atoms with Crippen LogP contribution in [0.25, 0.3) is 0 Å². The molecule has 5 nitrogen and oxygen atoms in total. The summed E-state index contributed by atoms with van der Waals surface area (Å²) in [4.78, 5) is 26.3. The highest BCUT2D eigenvalue weighted by Crippen LogP contribution is 2.14. The number of amides is 1. The van der Waals surface area contributed by atoms with Gasteiger partial charge in [-0.25, -0.2) is 0 Å². The van der Waals surface area contributed by atoms with Crippen LogP contribution in [0.5, 0.6) is 0 Å². The summed E-state index contributed by atoms with van der Waals surface area (Å²) in [5.41, 5.74) is 0.882. The largest absolute Gasteiger partial charge is 0.338 e. The Bertz CT molecular complexity index is 504. The first kappa shape index (κ1) is 13.8. The van der Waals surface area contributed by atoms with Crippen LogP contribution >= 0.6 is 0 Å². The minimum atomic E-state index is -0.384. The van der Waals surface area contributed by atoms with Gasteiger partial charge in [0.05, 0.1) is 0 Å². The lowest BCUT2D eigenvalue weighted by Crippen LogP contribution is -2.49. The molecule has 1 aliphatic heterocycles. The maximum absolute atomic E-state index is 12.5. The molecule has 1 amide bonds. The Labute approximate surface area is 113 Å². The van der Waals surface area contributed by atoms with Crippen molar-refractivity contribution < 1.29 is 4.79 Å². The van der Waals surface area contributed by atoms with Gasteiger partial charge in [0.2, 0.25) is 5.91 Å². The molecule has 1 aromatic rings. The molecule has 19 heavy (non-hydrogen) atoms. The van der Waals surface area contributed by atoms with E-state index in [1.165, 1.54) is 6.07 Å². The molecule has 1 atom stereocenters. The molecule has 1 N–H and O–H groups in total. The summed E-state index contributed by atoms with van der Waals surface area (Å²) in [6.07, 6.45) is 2.41. The first-order chi connectivity index (χ1) is 9.13. The predicted molar refractivity (Wildman–Crippen MR) is 74.2 cm³/mol. The van der Waals surface area contributed by atoms with Gasteiger partial charge in [-0.05, 0) is 18.9 Å². The van der Waals surface area contributed by atoms with E-state index in [4.69, 9.17) is 0 Å². The molecule has 2 heterocycles. The molecule has 1 aliphatic rings. The number of hydrogen-bond donors (Lipinski definition) is 1. The average Bonchev–Trinajstić information content (AvgIpc) is 2.44. The summed E-state index contributed by atoms with van der Waals surface area (Å²) in [5, 5.41) is 3.22. The number of aryl methyl sites for hydroxylation is 1. The Kier molecular flexibility index (Phi) is 4.37. The van der Waals surface area contributed by atoms with Gasteiger partial charge in [-0.2, -0.15) is 0 Å². The molecule has 0 radical (unpaired) electrons. The van der Waals surface area contributed by atoms with Crippen LogP contribution in [0.1, 0.15) is 24.9 Å². The molecule has 0 spiro atoms. The van der Waals surface area contributed by atoms with Crippen molar-refractivity contribution in [3.8, 4) is 0 Å². The summed E-state index contributed by atoms with van der Waals surface area (Å²) in [6.45, 7) is 6.96. The average molecular weight is 263 g/mol. The molecule has 104 valence electrons. The lowest BCUT2D eigenvalue weighted by Gasteiger charge is -2.31. The molecule has 0 aliphatic carbocycles. The number of rotatable bonds is 3. The number of carbonyl (C=O) groups is 1. The standard InChI is InChI=1S/C14H21N3O2/c1-3-12(14(19)16-8-6-15-7-9-16)17-10-11(2)4-5-13(17)18/h4-5,10,12,15H,3,6-9H2,1-2H3. The topological polar surface area (TPSA) is 54.3 Å². The summed E-state index contributed by atoms with van der Waals surface area (Å²) < 4.78 is 1.57. The van der Waals surface area contributed by atoms with Crippen LogP contribution in [-0.4, -0.2) is 41.6 Å². The van der Waals surface area contributed by atoms with Crippen LogP contribution in [0.3, 0.4) is 0 Å². The van der Waals surface area contributed by atoms with Gasteiger partial charge in [0, 0.05) is 38.4 Å². The summed E-state index contributed by atoms with van der Waals surface area (Å²) >= 11 is 0. The third-order valence-corrected chi connectivity index (χ3v) is 3.52. The van der Waals surface area contributed by atoms with Crippen LogP contribution in [0.15, 0.2) is 23.1 Å². The lowest BCUT2D eigenvalue weighted by molar-refractivity contribution is -0.135. The van der Waals surface area contributed by atoms with Crippen LogP contribution in [-0.2, 0) is 4.79 Å². The van der Waals surface area contributed by atoms with Crippen LogP contribution in [0, 0.1) is 6.92 Å². The van der Waals surface area contributed by atoms with Gasteiger partial charge in [-0.15, -0.1) is 0 Å². The second-order valence-corrected chi connectivity index (χ2v) is 4.95. The zero-order chi connectivity index (χ0) is 13.8. The first-order valence-electron chi connectivity index (χ1n) is 6.81. The van der Waals surface area contributed by atoms with Crippen molar-refractivity contribution in [3.63, 3.8) is 0 Å². The molecular weight excluding hydrogens is 242 g/mol. The zero-order valence-corrected chi connectivity index (χ0v) is 11.6. The van der Waals surface area contributed by atoms with Gasteiger partial charge >= 0.3 is 0 Å². The van der Waals surface area contributed by atoms with E-state index in [1.54, 1.807) is 16.8 Å². The summed E-state index contributed by atoms with van der Waals surface area (Å²) in [7, 11) is 0. The van der Waals surface area contributed by atoms with Gasteiger partial charge in [0.1, 0.15) is 6.04 Å². The lowest BCUT2D eigenvalue weighted by atomic mass is 10.1. The zero-order valence-electron chi connectivity index (χ0n) is 11.6. The van der Waals surface area contributed by atoms with Crippen molar-refractivity contribution in [3.05, 3.63) is 34.2 Å². The number of nitrogens with one attached hydrogen (secondary N) is 1. The molecule has 5 heteroatoms. The van der Waals surface area contributed by atoms with E-state index in [1.807, 2.05) is 18.7 Å². The third kappa shape index (κ3) is 3.04. The maximum atomic E-state index is 12.5. The van der Waals surface area contributed by atoms with E-state index in [0.717, 1.165) is 31.7 Å². The highest BCUT2D eigenvalue weighted by molar-refractivity contribution is 5.80. The third-order valence-electron chi connectivity index (χ3n) is 3.52. The van der Waals surface area contributed by atoms with Gasteiger partial charge in [-0.3, -0.25) is 9.59 Å². The van der Waals surface area contributed by atoms with E-state index in [-0.39, 0.29) is 17.5 Å². The summed E-state index contributed by atoms with van der Waals surface area (Å²) in [6, 6.07) is 2.93. The van der Waals surface area contributed by atoms with Gasteiger partial charge in [0.15, 0.2) is 0 Å². The maximum Gasteiger partial charge on any atom is 0.251 e. The van der Waals surface area contributed by atoms with Crippen LogP contribution in [0.2, 0.25) is 0 Å². The van der Waals surface area contributed by atoms with Gasteiger partial charge < -0.3 is 14.8 Å². The number of pyridine rings is 1. The highest BCUT2D eigenvalue weighted by atomic mass is 16.2. The van der Waals surface area contributed by atoms with Crippen molar-refractivity contribution in [2.45, 2.75) is 26.3 Å². The van der Waals surface area contributed by atoms with Gasteiger partial charge in [-0.1, -0.05) is 13.0 Å². The Balaban J connectivity index is 2.25. The van der Waals surface area contributed by atoms with E-state index in [9.17, 15) is 9.59 Å². The fraction of sp³-hybridized carbons (Fsp3) is 0.571. The predicted octanol–water partition coefficient (Wildman–Crippen LogP) is 0.540. The van der Waals surface area contributed by atoms with Gasteiger partial charge in [0.25, 0.3) is 5.56 Å². The number of nitrogens with zero attached hydrogens (tertiary/aromatic N) is 2. The molecule has 1 unspecified atom stereocenters. The molecule has 1 fully saturated rings. The molecule has 0 bridgehead atoms. The number of aromatic nitrogens is 1.